The largest absolute Gasteiger partial charge is 0.330 e. The van der Waals surface area contributed by atoms with Crippen molar-refractivity contribution in [2.45, 2.75) is 23.6 Å². The van der Waals surface area contributed by atoms with Crippen molar-refractivity contribution in [3.63, 3.8) is 0 Å². The van der Waals surface area contributed by atoms with Gasteiger partial charge >= 0.3 is 0 Å². The highest BCUT2D eigenvalue weighted by Crippen LogP contribution is 2.33. The van der Waals surface area contributed by atoms with E-state index in [9.17, 15) is 8.42 Å². The number of nitrogens with two attached hydrogens (primary N) is 1. The summed E-state index contributed by atoms with van der Waals surface area (Å²) in [5.41, 5.74) is 5.62. The molecule has 1 saturated heterocycles. The van der Waals surface area contributed by atoms with Gasteiger partial charge in [0.1, 0.15) is 4.21 Å². The van der Waals surface area contributed by atoms with Gasteiger partial charge in [-0.15, -0.1) is 23.7 Å². The van der Waals surface area contributed by atoms with E-state index in [1.54, 1.807) is 16.4 Å². The SMILES string of the molecule is CC1CC(CN)CN1S(=O)(=O)c1ccc(Br)s1.Cl. The van der Waals surface area contributed by atoms with Gasteiger partial charge in [-0.05, 0) is 53.9 Å². The van der Waals surface area contributed by atoms with Crippen molar-refractivity contribution >= 4 is 49.7 Å². The minimum absolute atomic E-state index is 0. The molecule has 0 bridgehead atoms. The third kappa shape index (κ3) is 3.08. The lowest BCUT2D eigenvalue weighted by molar-refractivity contribution is 0.406. The summed E-state index contributed by atoms with van der Waals surface area (Å²) < 4.78 is 27.6. The van der Waals surface area contributed by atoms with Crippen LogP contribution in [0, 0.1) is 5.92 Å². The molecule has 0 saturated carbocycles. The Morgan fingerprint density at radius 2 is 2.22 bits per heavy atom. The zero-order valence-electron chi connectivity index (χ0n) is 9.87. The summed E-state index contributed by atoms with van der Waals surface area (Å²) in [5.74, 6) is 0.281. The molecule has 1 aliphatic rings. The predicted molar refractivity (Wildman–Crippen MR) is 79.8 cm³/mol. The molecule has 1 aromatic rings. The summed E-state index contributed by atoms with van der Waals surface area (Å²) in [6.45, 7) is 3.02. The van der Waals surface area contributed by atoms with Gasteiger partial charge in [0.25, 0.3) is 10.0 Å². The Balaban J connectivity index is 0.00000162. The van der Waals surface area contributed by atoms with Crippen molar-refractivity contribution in [2.24, 2.45) is 11.7 Å². The molecule has 0 amide bonds. The van der Waals surface area contributed by atoms with Gasteiger partial charge in [0.2, 0.25) is 0 Å². The molecule has 1 fully saturated rings. The quantitative estimate of drug-likeness (QED) is 0.881. The van der Waals surface area contributed by atoms with Crippen LogP contribution in [0.2, 0.25) is 0 Å². The Morgan fingerprint density at radius 3 is 2.67 bits per heavy atom. The van der Waals surface area contributed by atoms with E-state index in [4.69, 9.17) is 5.73 Å². The zero-order chi connectivity index (χ0) is 12.6. The van der Waals surface area contributed by atoms with Crippen LogP contribution >= 0.6 is 39.7 Å². The Hall–Kier alpha value is 0.340. The van der Waals surface area contributed by atoms with Crippen LogP contribution in [0.1, 0.15) is 13.3 Å². The van der Waals surface area contributed by atoms with Crippen LogP contribution in [0.3, 0.4) is 0 Å². The number of halogens is 2. The number of thiophene rings is 1. The van der Waals surface area contributed by atoms with Gasteiger partial charge < -0.3 is 5.73 Å². The first-order valence-corrected chi connectivity index (χ1v) is 8.47. The molecular formula is C10H16BrClN2O2S2. The van der Waals surface area contributed by atoms with Crippen molar-refractivity contribution in [3.05, 3.63) is 15.9 Å². The van der Waals surface area contributed by atoms with Crippen LogP contribution in [0.4, 0.5) is 0 Å². The number of hydrogen-bond acceptors (Lipinski definition) is 4. The van der Waals surface area contributed by atoms with Gasteiger partial charge in [-0.2, -0.15) is 4.31 Å². The molecule has 2 unspecified atom stereocenters. The van der Waals surface area contributed by atoms with Crippen molar-refractivity contribution in [1.82, 2.24) is 4.31 Å². The first-order chi connectivity index (χ1) is 7.95. The number of sulfonamides is 1. The summed E-state index contributed by atoms with van der Waals surface area (Å²) in [5, 5.41) is 0. The Labute approximate surface area is 126 Å². The van der Waals surface area contributed by atoms with Crippen LogP contribution in [-0.4, -0.2) is 31.9 Å². The molecule has 0 aromatic carbocycles. The molecule has 0 aliphatic carbocycles. The monoisotopic (exact) mass is 374 g/mol. The Bertz CT molecular complexity index is 506. The van der Waals surface area contributed by atoms with Crippen molar-refractivity contribution in [2.75, 3.05) is 13.1 Å². The van der Waals surface area contributed by atoms with Gasteiger partial charge in [0, 0.05) is 12.6 Å². The van der Waals surface area contributed by atoms with Gasteiger partial charge in [-0.3, -0.25) is 0 Å². The Morgan fingerprint density at radius 1 is 1.56 bits per heavy atom. The maximum atomic E-state index is 12.4. The normalized spacial score (nSPS) is 25.1. The van der Waals surface area contributed by atoms with E-state index in [0.717, 1.165) is 10.2 Å². The summed E-state index contributed by atoms with van der Waals surface area (Å²) >= 11 is 4.54. The third-order valence-electron chi connectivity index (χ3n) is 3.05. The summed E-state index contributed by atoms with van der Waals surface area (Å²) in [6, 6.07) is 3.44. The summed E-state index contributed by atoms with van der Waals surface area (Å²) in [6.07, 6.45) is 0.849. The van der Waals surface area contributed by atoms with Crippen LogP contribution in [0.25, 0.3) is 0 Å². The molecular weight excluding hydrogens is 360 g/mol. The second-order valence-corrected chi connectivity index (χ2v) is 8.90. The van der Waals surface area contributed by atoms with Crippen LogP contribution < -0.4 is 5.73 Å². The van der Waals surface area contributed by atoms with Crippen LogP contribution in [0.5, 0.6) is 0 Å². The van der Waals surface area contributed by atoms with Crippen molar-refractivity contribution < 1.29 is 8.42 Å². The molecule has 2 N–H and O–H groups in total. The molecule has 8 heteroatoms. The number of hydrogen-bond donors (Lipinski definition) is 1. The molecule has 0 radical (unpaired) electrons. The topological polar surface area (TPSA) is 63.4 Å². The lowest BCUT2D eigenvalue weighted by atomic mass is 10.1. The zero-order valence-corrected chi connectivity index (χ0v) is 13.9. The maximum Gasteiger partial charge on any atom is 0.252 e. The van der Waals surface area contributed by atoms with E-state index >= 15 is 0 Å². The van der Waals surface area contributed by atoms with Gasteiger partial charge in [-0.25, -0.2) is 8.42 Å². The highest BCUT2D eigenvalue weighted by Gasteiger charge is 2.37. The second kappa shape index (κ2) is 6.19. The molecule has 1 aliphatic heterocycles. The lowest BCUT2D eigenvalue weighted by Crippen LogP contribution is -2.34. The molecule has 2 rings (SSSR count). The van der Waals surface area contributed by atoms with Crippen molar-refractivity contribution in [1.29, 1.82) is 0 Å². The smallest absolute Gasteiger partial charge is 0.252 e. The first-order valence-electron chi connectivity index (χ1n) is 5.42. The van der Waals surface area contributed by atoms with E-state index in [1.807, 2.05) is 6.92 Å². The number of rotatable bonds is 3. The fourth-order valence-corrected chi connectivity index (χ4v) is 6.02. The highest BCUT2D eigenvalue weighted by atomic mass is 79.9. The first kappa shape index (κ1) is 16.4. The molecule has 1 aromatic heterocycles. The van der Waals surface area contributed by atoms with Gasteiger partial charge in [0.05, 0.1) is 3.79 Å². The van der Waals surface area contributed by atoms with Gasteiger partial charge in [-0.1, -0.05) is 0 Å². The highest BCUT2D eigenvalue weighted by molar-refractivity contribution is 9.11. The minimum Gasteiger partial charge on any atom is -0.330 e. The standard InChI is InChI=1S/C10H15BrN2O2S2.ClH/c1-7-4-8(5-12)6-13(7)17(14,15)10-3-2-9(11)16-10;/h2-3,7-8H,4-6,12H2,1H3;1H. The molecule has 2 atom stereocenters. The van der Waals surface area contributed by atoms with E-state index < -0.39 is 10.0 Å². The lowest BCUT2D eigenvalue weighted by Gasteiger charge is -2.19. The molecule has 104 valence electrons. The molecule has 2 heterocycles. The average Bonchev–Trinajstić information content (AvgIpc) is 2.85. The molecule has 0 spiro atoms. The second-order valence-electron chi connectivity index (χ2n) is 4.32. The van der Waals surface area contributed by atoms with E-state index in [0.29, 0.717) is 17.3 Å². The van der Waals surface area contributed by atoms with Crippen molar-refractivity contribution in [3.8, 4) is 0 Å². The fourth-order valence-electron chi connectivity index (χ4n) is 2.17. The van der Waals surface area contributed by atoms with Crippen LogP contribution in [-0.2, 0) is 10.0 Å². The Kier molecular flexibility index (Phi) is 5.64. The third-order valence-corrected chi connectivity index (χ3v) is 7.12. The molecule has 18 heavy (non-hydrogen) atoms. The fraction of sp³-hybridized carbons (Fsp3) is 0.600. The summed E-state index contributed by atoms with van der Waals surface area (Å²) in [7, 11) is -3.34. The predicted octanol–water partition coefficient (Wildman–Crippen LogP) is 2.29. The van der Waals surface area contributed by atoms with Crippen LogP contribution in [0.15, 0.2) is 20.1 Å². The minimum atomic E-state index is -3.34. The maximum absolute atomic E-state index is 12.4. The van der Waals surface area contributed by atoms with E-state index in [1.165, 1.54) is 11.3 Å². The number of nitrogens with zero attached hydrogens (tertiary/aromatic N) is 1. The summed E-state index contributed by atoms with van der Waals surface area (Å²) in [4.78, 5) is 0. The van der Waals surface area contributed by atoms with Gasteiger partial charge in [0.15, 0.2) is 0 Å². The van der Waals surface area contributed by atoms with E-state index in [2.05, 4.69) is 15.9 Å². The average molecular weight is 376 g/mol. The van der Waals surface area contributed by atoms with E-state index in [-0.39, 0.29) is 24.4 Å². The molecule has 4 nitrogen and oxygen atoms in total.